The fraction of sp³-hybridized carbons (Fsp3) is 0.500. The van der Waals surface area contributed by atoms with Crippen LogP contribution < -0.4 is 0 Å². The van der Waals surface area contributed by atoms with Crippen molar-refractivity contribution in [3.63, 3.8) is 0 Å². The SMILES string of the molecule is COCCN(Cc1ccccc1)S(=O)(=O)CCCC(=O)O. The molecule has 1 N–H and O–H groups in total. The summed E-state index contributed by atoms with van der Waals surface area (Å²) in [6.07, 6.45) is -0.0430. The predicted octanol–water partition coefficient (Wildman–Crippen LogP) is 1.33. The van der Waals surface area contributed by atoms with E-state index in [-0.39, 0.29) is 31.7 Å². The fourth-order valence-corrected chi connectivity index (χ4v) is 3.30. The molecule has 0 saturated heterocycles. The molecule has 0 amide bonds. The van der Waals surface area contributed by atoms with Crippen molar-refractivity contribution in [2.45, 2.75) is 19.4 Å². The van der Waals surface area contributed by atoms with Crippen molar-refractivity contribution in [3.05, 3.63) is 35.9 Å². The van der Waals surface area contributed by atoms with E-state index < -0.39 is 16.0 Å². The molecule has 7 heteroatoms. The van der Waals surface area contributed by atoms with Gasteiger partial charge in [0.25, 0.3) is 0 Å². The Balaban J connectivity index is 2.73. The van der Waals surface area contributed by atoms with E-state index in [2.05, 4.69) is 0 Å². The maximum atomic E-state index is 12.3. The highest BCUT2D eigenvalue weighted by Crippen LogP contribution is 2.11. The molecule has 0 aliphatic heterocycles. The lowest BCUT2D eigenvalue weighted by molar-refractivity contribution is -0.137. The topological polar surface area (TPSA) is 83.9 Å². The molecule has 1 rings (SSSR count). The number of sulfonamides is 1. The van der Waals surface area contributed by atoms with Gasteiger partial charge in [0.1, 0.15) is 0 Å². The predicted molar refractivity (Wildman–Crippen MR) is 79.4 cm³/mol. The monoisotopic (exact) mass is 315 g/mol. The first-order valence-corrected chi connectivity index (χ1v) is 8.29. The van der Waals surface area contributed by atoms with Crippen molar-refractivity contribution in [1.29, 1.82) is 0 Å². The first kappa shape index (κ1) is 17.6. The van der Waals surface area contributed by atoms with Gasteiger partial charge in [0.05, 0.1) is 12.4 Å². The lowest BCUT2D eigenvalue weighted by atomic mass is 10.2. The van der Waals surface area contributed by atoms with Crippen LogP contribution in [0, 0.1) is 0 Å². The molecule has 6 nitrogen and oxygen atoms in total. The average Bonchev–Trinajstić information content (AvgIpc) is 2.43. The van der Waals surface area contributed by atoms with Gasteiger partial charge in [-0.1, -0.05) is 30.3 Å². The largest absolute Gasteiger partial charge is 0.481 e. The van der Waals surface area contributed by atoms with E-state index in [4.69, 9.17) is 9.84 Å². The summed E-state index contributed by atoms with van der Waals surface area (Å²) in [4.78, 5) is 10.5. The Morgan fingerprint density at radius 2 is 1.95 bits per heavy atom. The van der Waals surface area contributed by atoms with Crippen LogP contribution in [0.2, 0.25) is 0 Å². The van der Waals surface area contributed by atoms with Crippen LogP contribution in [0.25, 0.3) is 0 Å². The first-order valence-electron chi connectivity index (χ1n) is 6.68. The van der Waals surface area contributed by atoms with Gasteiger partial charge in [-0.3, -0.25) is 4.79 Å². The Morgan fingerprint density at radius 3 is 2.52 bits per heavy atom. The summed E-state index contributed by atoms with van der Waals surface area (Å²) in [6.45, 7) is 0.811. The van der Waals surface area contributed by atoms with Crippen LogP contribution in [0.4, 0.5) is 0 Å². The highest BCUT2D eigenvalue weighted by molar-refractivity contribution is 7.89. The van der Waals surface area contributed by atoms with E-state index in [1.54, 1.807) is 0 Å². The molecule has 0 saturated carbocycles. The van der Waals surface area contributed by atoms with Gasteiger partial charge in [-0.25, -0.2) is 8.42 Å². The quantitative estimate of drug-likeness (QED) is 0.704. The van der Waals surface area contributed by atoms with E-state index in [0.29, 0.717) is 6.61 Å². The molecule has 118 valence electrons. The second-order valence-corrected chi connectivity index (χ2v) is 6.71. The van der Waals surface area contributed by atoms with Gasteiger partial charge in [-0.05, 0) is 12.0 Å². The molecule has 0 unspecified atom stereocenters. The van der Waals surface area contributed by atoms with Crippen molar-refractivity contribution < 1.29 is 23.1 Å². The van der Waals surface area contributed by atoms with E-state index in [1.165, 1.54) is 11.4 Å². The molecule has 0 atom stereocenters. The normalized spacial score (nSPS) is 11.7. The summed E-state index contributed by atoms with van der Waals surface area (Å²) in [5, 5.41) is 8.60. The third-order valence-corrected chi connectivity index (χ3v) is 4.84. The summed E-state index contributed by atoms with van der Waals surface area (Å²) in [5.74, 6) is -1.16. The zero-order valence-corrected chi connectivity index (χ0v) is 12.9. The summed E-state index contributed by atoms with van der Waals surface area (Å²) in [7, 11) is -1.99. The Morgan fingerprint density at radius 1 is 1.29 bits per heavy atom. The molecular weight excluding hydrogens is 294 g/mol. The Hall–Kier alpha value is -1.44. The third kappa shape index (κ3) is 6.70. The van der Waals surface area contributed by atoms with Crippen LogP contribution >= 0.6 is 0 Å². The van der Waals surface area contributed by atoms with Gasteiger partial charge < -0.3 is 9.84 Å². The molecule has 0 spiro atoms. The molecule has 0 heterocycles. The summed E-state index contributed by atoms with van der Waals surface area (Å²) < 4.78 is 30.9. The van der Waals surface area contributed by atoms with Crippen molar-refractivity contribution >= 4 is 16.0 Å². The third-order valence-electron chi connectivity index (χ3n) is 2.93. The molecule has 21 heavy (non-hydrogen) atoms. The van der Waals surface area contributed by atoms with Gasteiger partial charge in [0.2, 0.25) is 10.0 Å². The lowest BCUT2D eigenvalue weighted by Gasteiger charge is -2.22. The zero-order valence-electron chi connectivity index (χ0n) is 12.1. The van der Waals surface area contributed by atoms with E-state index in [0.717, 1.165) is 5.56 Å². The van der Waals surface area contributed by atoms with Gasteiger partial charge in [0, 0.05) is 26.6 Å². The van der Waals surface area contributed by atoms with Crippen molar-refractivity contribution in [3.8, 4) is 0 Å². The number of hydrogen-bond acceptors (Lipinski definition) is 4. The number of methoxy groups -OCH3 is 1. The van der Waals surface area contributed by atoms with Crippen LogP contribution in [0.1, 0.15) is 18.4 Å². The number of carboxylic acid groups (broad SMARTS) is 1. The molecule has 0 aromatic heterocycles. The molecule has 0 aliphatic rings. The Labute approximate surface area is 125 Å². The minimum absolute atomic E-state index is 0.107. The van der Waals surface area contributed by atoms with Crippen LogP contribution in [-0.2, 0) is 26.1 Å². The Bertz CT molecular complexity index is 530. The summed E-state index contributed by atoms with van der Waals surface area (Å²) >= 11 is 0. The summed E-state index contributed by atoms with van der Waals surface area (Å²) in [5.41, 5.74) is 0.885. The van der Waals surface area contributed by atoms with Crippen LogP contribution in [0.5, 0.6) is 0 Å². The maximum Gasteiger partial charge on any atom is 0.303 e. The van der Waals surface area contributed by atoms with Crippen molar-refractivity contribution in [2.75, 3.05) is 26.0 Å². The molecular formula is C14H21NO5S. The second-order valence-electron chi connectivity index (χ2n) is 4.63. The highest BCUT2D eigenvalue weighted by atomic mass is 32.2. The average molecular weight is 315 g/mol. The number of hydrogen-bond donors (Lipinski definition) is 1. The number of benzene rings is 1. The summed E-state index contributed by atoms with van der Waals surface area (Å²) in [6, 6.07) is 9.27. The lowest BCUT2D eigenvalue weighted by Crippen LogP contribution is -2.35. The van der Waals surface area contributed by atoms with Crippen molar-refractivity contribution in [1.82, 2.24) is 4.31 Å². The zero-order chi connectivity index (χ0) is 15.7. The van der Waals surface area contributed by atoms with E-state index >= 15 is 0 Å². The molecule has 1 aromatic rings. The second kappa shape index (κ2) is 8.76. The van der Waals surface area contributed by atoms with Gasteiger partial charge >= 0.3 is 5.97 Å². The smallest absolute Gasteiger partial charge is 0.303 e. The molecule has 0 bridgehead atoms. The standard InChI is InChI=1S/C14H21NO5S/c1-20-10-9-15(12-13-6-3-2-4-7-13)21(18,19)11-5-8-14(16)17/h2-4,6-7H,5,8-12H2,1H3,(H,16,17). The van der Waals surface area contributed by atoms with Gasteiger partial charge in [-0.2, -0.15) is 4.31 Å². The number of ether oxygens (including phenoxy) is 1. The number of carboxylic acids is 1. The van der Waals surface area contributed by atoms with Crippen LogP contribution in [-0.4, -0.2) is 49.8 Å². The van der Waals surface area contributed by atoms with Gasteiger partial charge in [0.15, 0.2) is 0 Å². The molecule has 0 fully saturated rings. The highest BCUT2D eigenvalue weighted by Gasteiger charge is 2.22. The van der Waals surface area contributed by atoms with Crippen molar-refractivity contribution in [2.24, 2.45) is 0 Å². The first-order chi connectivity index (χ1) is 9.95. The Kier molecular flexibility index (Phi) is 7.35. The molecule has 1 aromatic carbocycles. The molecule has 0 aliphatic carbocycles. The molecule has 0 radical (unpaired) electrons. The van der Waals surface area contributed by atoms with Gasteiger partial charge in [-0.15, -0.1) is 0 Å². The number of carbonyl (C=O) groups is 1. The minimum atomic E-state index is -3.50. The fourth-order valence-electron chi connectivity index (χ4n) is 1.83. The van der Waals surface area contributed by atoms with Crippen LogP contribution in [0.15, 0.2) is 30.3 Å². The number of nitrogens with zero attached hydrogens (tertiary/aromatic N) is 1. The number of rotatable bonds is 10. The maximum absolute atomic E-state index is 12.3. The van der Waals surface area contributed by atoms with E-state index in [9.17, 15) is 13.2 Å². The van der Waals surface area contributed by atoms with E-state index in [1.807, 2.05) is 30.3 Å². The van der Waals surface area contributed by atoms with Crippen LogP contribution in [0.3, 0.4) is 0 Å². The number of aliphatic carboxylic acids is 1. The minimum Gasteiger partial charge on any atom is -0.481 e.